The molecule has 0 radical (unpaired) electrons. The highest BCUT2D eigenvalue weighted by Gasteiger charge is 2.71. The van der Waals surface area contributed by atoms with Gasteiger partial charge in [0.15, 0.2) is 0 Å². The van der Waals surface area contributed by atoms with Crippen LogP contribution in [0.5, 0.6) is 0 Å². The van der Waals surface area contributed by atoms with Crippen molar-refractivity contribution >= 4 is 0 Å². The maximum atomic E-state index is 12.4. The predicted octanol–water partition coefficient (Wildman–Crippen LogP) is 2.70. The minimum absolute atomic E-state index is 0.0607. The van der Waals surface area contributed by atoms with Crippen LogP contribution in [0.2, 0.25) is 0 Å². The average Bonchev–Trinajstić information content (AvgIpc) is 2.12. The Kier molecular flexibility index (Phi) is 3.13. The summed E-state index contributed by atoms with van der Waals surface area (Å²) in [5.41, 5.74) is -6.24. The second-order valence-corrected chi connectivity index (χ2v) is 3.39. The van der Waals surface area contributed by atoms with Gasteiger partial charge >= 0.3 is 12.4 Å². The van der Waals surface area contributed by atoms with Gasteiger partial charge in [-0.05, 0) is 19.1 Å². The van der Waals surface area contributed by atoms with Gasteiger partial charge in [-0.2, -0.15) is 26.3 Å². The molecule has 1 rings (SSSR count). The third-order valence-electron chi connectivity index (χ3n) is 2.13. The van der Waals surface area contributed by atoms with Gasteiger partial charge in [0.1, 0.15) is 0 Å². The largest absolute Gasteiger partial charge is 0.430 e. The van der Waals surface area contributed by atoms with Crippen molar-refractivity contribution in [2.45, 2.75) is 24.9 Å². The second-order valence-electron chi connectivity index (χ2n) is 3.39. The number of aliphatic hydroxyl groups is 1. The lowest BCUT2D eigenvalue weighted by atomic mass is 9.92. The van der Waals surface area contributed by atoms with Crippen molar-refractivity contribution in [3.63, 3.8) is 0 Å². The van der Waals surface area contributed by atoms with Crippen molar-refractivity contribution < 1.29 is 31.4 Å². The Labute approximate surface area is 91.9 Å². The van der Waals surface area contributed by atoms with Crippen molar-refractivity contribution in [1.82, 2.24) is 4.98 Å². The van der Waals surface area contributed by atoms with E-state index in [9.17, 15) is 26.3 Å². The van der Waals surface area contributed by atoms with Crippen molar-refractivity contribution in [2.24, 2.45) is 0 Å². The second kappa shape index (κ2) is 3.86. The van der Waals surface area contributed by atoms with Gasteiger partial charge in [0.25, 0.3) is 5.60 Å². The molecule has 0 fully saturated rings. The smallest absolute Gasteiger partial charge is 0.369 e. The minimum Gasteiger partial charge on any atom is -0.369 e. The molecule has 0 atom stereocenters. The van der Waals surface area contributed by atoms with Gasteiger partial charge in [0.05, 0.1) is 0 Å². The quantitative estimate of drug-likeness (QED) is 0.786. The fraction of sp³-hybridized carbons (Fsp3) is 0.444. The Hall–Kier alpha value is -1.31. The van der Waals surface area contributed by atoms with Crippen LogP contribution in [0.1, 0.15) is 11.3 Å². The van der Waals surface area contributed by atoms with E-state index in [1.165, 1.54) is 6.92 Å². The Bertz CT molecular complexity index is 397. The molecule has 17 heavy (non-hydrogen) atoms. The summed E-state index contributed by atoms with van der Waals surface area (Å²) in [7, 11) is 0. The van der Waals surface area contributed by atoms with Gasteiger partial charge in [-0.1, -0.05) is 0 Å². The lowest BCUT2D eigenvalue weighted by Crippen LogP contribution is -2.53. The molecule has 0 saturated heterocycles. The first kappa shape index (κ1) is 13.8. The van der Waals surface area contributed by atoms with E-state index in [0.29, 0.717) is 12.1 Å². The van der Waals surface area contributed by atoms with Gasteiger partial charge in [-0.15, -0.1) is 0 Å². The molecule has 1 aromatic heterocycles. The van der Waals surface area contributed by atoms with Crippen molar-refractivity contribution in [3.8, 4) is 0 Å². The molecule has 0 aliphatic carbocycles. The Morgan fingerprint density at radius 2 is 1.53 bits per heavy atom. The highest BCUT2D eigenvalue weighted by atomic mass is 19.4. The topological polar surface area (TPSA) is 33.1 Å². The number of aryl methyl sites for hydroxylation is 1. The van der Waals surface area contributed by atoms with Crippen LogP contribution >= 0.6 is 0 Å². The number of rotatable bonds is 1. The third-order valence-corrected chi connectivity index (χ3v) is 2.13. The number of aromatic nitrogens is 1. The van der Waals surface area contributed by atoms with Crippen LogP contribution in [-0.4, -0.2) is 22.4 Å². The first-order chi connectivity index (χ1) is 7.50. The molecule has 0 amide bonds. The molecule has 0 spiro atoms. The van der Waals surface area contributed by atoms with E-state index in [-0.39, 0.29) is 5.69 Å². The number of nitrogens with zero attached hydrogens (tertiary/aromatic N) is 1. The SMILES string of the molecule is Cc1cc(C(O)(C(F)(F)F)C(F)(F)F)ccn1. The van der Waals surface area contributed by atoms with Crippen LogP contribution in [-0.2, 0) is 5.60 Å². The van der Waals surface area contributed by atoms with Gasteiger partial charge in [0, 0.05) is 17.5 Å². The van der Waals surface area contributed by atoms with Crippen molar-refractivity contribution in [2.75, 3.05) is 0 Å². The van der Waals surface area contributed by atoms with Crippen LogP contribution < -0.4 is 0 Å². The van der Waals surface area contributed by atoms with Crippen LogP contribution in [0, 0.1) is 6.92 Å². The summed E-state index contributed by atoms with van der Waals surface area (Å²) in [4.78, 5) is 3.47. The molecule has 0 saturated carbocycles. The van der Waals surface area contributed by atoms with E-state index in [1.807, 2.05) is 0 Å². The molecular weight excluding hydrogens is 252 g/mol. The molecular formula is C9H7F6NO. The molecule has 0 unspecified atom stereocenters. The summed E-state index contributed by atoms with van der Waals surface area (Å²) in [5.74, 6) is 0. The van der Waals surface area contributed by atoms with E-state index < -0.39 is 23.5 Å². The summed E-state index contributed by atoms with van der Waals surface area (Å²) in [6.07, 6.45) is -11.0. The minimum atomic E-state index is -5.86. The summed E-state index contributed by atoms with van der Waals surface area (Å²) in [6.45, 7) is 1.22. The molecule has 0 bridgehead atoms. The molecule has 0 aliphatic rings. The van der Waals surface area contributed by atoms with E-state index in [4.69, 9.17) is 5.11 Å². The molecule has 96 valence electrons. The van der Waals surface area contributed by atoms with Crippen LogP contribution in [0.25, 0.3) is 0 Å². The Balaban J connectivity index is 3.46. The molecule has 0 aliphatic heterocycles. The van der Waals surface area contributed by atoms with Gasteiger partial charge in [0.2, 0.25) is 0 Å². The monoisotopic (exact) mass is 259 g/mol. The number of halogens is 6. The van der Waals surface area contributed by atoms with E-state index >= 15 is 0 Å². The highest BCUT2D eigenvalue weighted by molar-refractivity contribution is 5.26. The fourth-order valence-corrected chi connectivity index (χ4v) is 1.26. The van der Waals surface area contributed by atoms with E-state index in [2.05, 4.69) is 4.98 Å². The lowest BCUT2D eigenvalue weighted by Gasteiger charge is -2.32. The highest BCUT2D eigenvalue weighted by Crippen LogP contribution is 2.49. The molecule has 8 heteroatoms. The van der Waals surface area contributed by atoms with Gasteiger partial charge in [-0.3, -0.25) is 4.98 Å². The van der Waals surface area contributed by atoms with Gasteiger partial charge < -0.3 is 5.11 Å². The zero-order valence-electron chi connectivity index (χ0n) is 8.39. The van der Waals surface area contributed by atoms with Gasteiger partial charge in [-0.25, -0.2) is 0 Å². The number of pyridine rings is 1. The summed E-state index contributed by atoms with van der Waals surface area (Å²) in [5, 5.41) is 9.00. The van der Waals surface area contributed by atoms with E-state index in [0.717, 1.165) is 6.20 Å². The van der Waals surface area contributed by atoms with Crippen LogP contribution in [0.3, 0.4) is 0 Å². The number of hydrogen-bond acceptors (Lipinski definition) is 2. The Morgan fingerprint density at radius 3 is 1.88 bits per heavy atom. The summed E-state index contributed by atoms with van der Waals surface area (Å²) >= 11 is 0. The number of alkyl halides is 6. The molecule has 1 N–H and O–H groups in total. The average molecular weight is 259 g/mol. The molecule has 2 nitrogen and oxygen atoms in total. The summed E-state index contributed by atoms with van der Waals surface area (Å²) < 4.78 is 74.6. The maximum Gasteiger partial charge on any atom is 0.430 e. The molecule has 1 aromatic rings. The van der Waals surface area contributed by atoms with Crippen LogP contribution in [0.4, 0.5) is 26.3 Å². The fourth-order valence-electron chi connectivity index (χ4n) is 1.26. The Morgan fingerprint density at radius 1 is 1.06 bits per heavy atom. The zero-order chi connectivity index (χ0) is 13.5. The zero-order valence-corrected chi connectivity index (χ0v) is 8.39. The molecule has 0 aromatic carbocycles. The standard InChI is InChI=1S/C9H7F6NO/c1-5-4-6(2-3-16-5)7(17,8(10,11)12)9(13,14)15/h2-4,17H,1H3. The maximum absolute atomic E-state index is 12.4. The predicted molar refractivity (Wildman–Crippen MR) is 45.0 cm³/mol. The number of hydrogen-bond donors (Lipinski definition) is 1. The lowest BCUT2D eigenvalue weighted by molar-refractivity contribution is -0.376. The van der Waals surface area contributed by atoms with Crippen molar-refractivity contribution in [1.29, 1.82) is 0 Å². The van der Waals surface area contributed by atoms with E-state index in [1.54, 1.807) is 0 Å². The molecule has 1 heterocycles. The first-order valence-electron chi connectivity index (χ1n) is 4.29. The van der Waals surface area contributed by atoms with Crippen LogP contribution in [0.15, 0.2) is 18.3 Å². The van der Waals surface area contributed by atoms with Crippen molar-refractivity contribution in [3.05, 3.63) is 29.6 Å². The summed E-state index contributed by atoms with van der Waals surface area (Å²) in [6, 6.07) is 1.02. The third kappa shape index (κ3) is 2.21. The first-order valence-corrected chi connectivity index (χ1v) is 4.29. The normalized spacial score (nSPS) is 13.9.